The van der Waals surface area contributed by atoms with Gasteiger partial charge in [-0.05, 0) is 43.2 Å². The van der Waals surface area contributed by atoms with Crippen LogP contribution >= 0.6 is 11.3 Å². The second-order valence-electron chi connectivity index (χ2n) is 8.07. The Hall–Kier alpha value is -3.78. The molecular formula is C25H21N5O3S2. The molecule has 0 saturated heterocycles. The number of sulfonamides is 1. The summed E-state index contributed by atoms with van der Waals surface area (Å²) >= 11 is 1.25. The summed E-state index contributed by atoms with van der Waals surface area (Å²) in [7, 11) is -3.81. The summed E-state index contributed by atoms with van der Waals surface area (Å²) in [6, 6.07) is 20.3. The van der Waals surface area contributed by atoms with Crippen molar-refractivity contribution >= 4 is 32.3 Å². The van der Waals surface area contributed by atoms with Crippen LogP contribution in [0.25, 0.3) is 5.69 Å². The third-order valence-corrected chi connectivity index (χ3v) is 9.06. The van der Waals surface area contributed by atoms with Gasteiger partial charge in [-0.1, -0.05) is 36.4 Å². The molecule has 35 heavy (non-hydrogen) atoms. The third-order valence-electron chi connectivity index (χ3n) is 5.98. The van der Waals surface area contributed by atoms with E-state index in [9.17, 15) is 18.5 Å². The molecule has 8 nitrogen and oxygen atoms in total. The zero-order valence-electron chi connectivity index (χ0n) is 18.8. The summed E-state index contributed by atoms with van der Waals surface area (Å²) in [6.45, 7) is 2.11. The molecular weight excluding hydrogens is 482 g/mol. The van der Waals surface area contributed by atoms with Crippen molar-refractivity contribution in [3.63, 3.8) is 0 Å². The molecule has 10 heteroatoms. The molecule has 0 fully saturated rings. The van der Waals surface area contributed by atoms with Crippen LogP contribution in [0.5, 0.6) is 0 Å². The van der Waals surface area contributed by atoms with Crippen LogP contribution in [0.2, 0.25) is 0 Å². The van der Waals surface area contributed by atoms with Crippen LogP contribution in [0.4, 0.5) is 5.00 Å². The number of hydrogen-bond donors (Lipinski definition) is 1. The molecule has 0 unspecified atom stereocenters. The first kappa shape index (κ1) is 23.0. The Morgan fingerprint density at radius 3 is 2.49 bits per heavy atom. The number of rotatable bonds is 5. The molecule has 3 heterocycles. The highest BCUT2D eigenvalue weighted by molar-refractivity contribution is 7.89. The van der Waals surface area contributed by atoms with E-state index < -0.39 is 10.0 Å². The molecule has 1 aliphatic rings. The number of nitrogens with one attached hydrogen (secondary N) is 1. The van der Waals surface area contributed by atoms with Crippen molar-refractivity contribution in [2.45, 2.75) is 24.8 Å². The van der Waals surface area contributed by atoms with Gasteiger partial charge in [0.05, 0.1) is 23.1 Å². The van der Waals surface area contributed by atoms with Crippen molar-refractivity contribution in [1.82, 2.24) is 14.1 Å². The average Bonchev–Trinajstić information content (AvgIpc) is 3.44. The van der Waals surface area contributed by atoms with Crippen molar-refractivity contribution in [2.24, 2.45) is 0 Å². The number of thiophene rings is 1. The number of carbonyl (C=O) groups excluding carboxylic acids is 1. The van der Waals surface area contributed by atoms with Gasteiger partial charge in [0.15, 0.2) is 0 Å². The first-order valence-corrected chi connectivity index (χ1v) is 13.2. The van der Waals surface area contributed by atoms with Crippen LogP contribution in [0.15, 0.2) is 71.8 Å². The Kier molecular flexibility index (Phi) is 5.98. The van der Waals surface area contributed by atoms with E-state index in [0.29, 0.717) is 28.2 Å². The monoisotopic (exact) mass is 503 g/mol. The maximum absolute atomic E-state index is 13.5. The van der Waals surface area contributed by atoms with E-state index in [0.717, 1.165) is 16.1 Å². The Morgan fingerprint density at radius 1 is 1.11 bits per heavy atom. The number of nitriles is 1. The maximum Gasteiger partial charge on any atom is 0.256 e. The molecule has 0 aliphatic carbocycles. The van der Waals surface area contributed by atoms with Crippen molar-refractivity contribution in [2.75, 3.05) is 11.9 Å². The van der Waals surface area contributed by atoms with Gasteiger partial charge in [0.2, 0.25) is 10.0 Å². The molecule has 4 aromatic rings. The second-order valence-corrected chi connectivity index (χ2v) is 11.1. The number of fused-ring (bicyclic) bond motifs is 1. The van der Waals surface area contributed by atoms with E-state index in [-0.39, 0.29) is 23.9 Å². The molecule has 176 valence electrons. The third kappa shape index (κ3) is 4.14. The largest absolute Gasteiger partial charge is 0.312 e. The lowest BCUT2D eigenvalue weighted by atomic mass is 10.0. The minimum absolute atomic E-state index is 0.133. The number of para-hydroxylation sites is 1. The van der Waals surface area contributed by atoms with Gasteiger partial charge < -0.3 is 5.32 Å². The van der Waals surface area contributed by atoms with Gasteiger partial charge in [0, 0.05) is 23.5 Å². The minimum Gasteiger partial charge on any atom is -0.312 e. The van der Waals surface area contributed by atoms with Crippen LogP contribution in [0, 0.1) is 18.3 Å². The molecule has 0 atom stereocenters. The van der Waals surface area contributed by atoms with Gasteiger partial charge in [-0.2, -0.15) is 14.7 Å². The van der Waals surface area contributed by atoms with Crippen LogP contribution in [-0.4, -0.2) is 35.0 Å². The van der Waals surface area contributed by atoms with Crippen molar-refractivity contribution < 1.29 is 13.2 Å². The summed E-state index contributed by atoms with van der Waals surface area (Å²) in [6.07, 6.45) is 1.77. The fraction of sp³-hybridized carbons (Fsp3) is 0.160. The van der Waals surface area contributed by atoms with Gasteiger partial charge in [0.25, 0.3) is 5.91 Å². The van der Waals surface area contributed by atoms with Crippen LogP contribution in [0.1, 0.15) is 32.1 Å². The molecule has 1 aliphatic heterocycles. The first-order valence-electron chi connectivity index (χ1n) is 10.9. The molecule has 2 aromatic carbocycles. The summed E-state index contributed by atoms with van der Waals surface area (Å²) in [5.74, 6) is -0.311. The summed E-state index contributed by atoms with van der Waals surface area (Å²) in [4.78, 5) is 13.5. The van der Waals surface area contributed by atoms with Gasteiger partial charge in [-0.25, -0.2) is 13.1 Å². The first-order chi connectivity index (χ1) is 16.9. The number of aromatic nitrogens is 2. The number of carbonyl (C=O) groups is 1. The molecule has 5 rings (SSSR count). The molecule has 0 bridgehead atoms. The number of anilines is 1. The van der Waals surface area contributed by atoms with Crippen LogP contribution < -0.4 is 5.32 Å². The highest BCUT2D eigenvalue weighted by Gasteiger charge is 2.34. The second kappa shape index (κ2) is 9.11. The minimum atomic E-state index is -3.81. The number of hydrogen-bond acceptors (Lipinski definition) is 6. The van der Waals surface area contributed by atoms with Crippen molar-refractivity contribution in [1.29, 1.82) is 5.26 Å². The van der Waals surface area contributed by atoms with Gasteiger partial charge >= 0.3 is 0 Å². The Morgan fingerprint density at radius 2 is 1.80 bits per heavy atom. The summed E-state index contributed by atoms with van der Waals surface area (Å²) < 4.78 is 30.1. The molecule has 2 aromatic heterocycles. The molecule has 0 saturated carbocycles. The Balaban J connectivity index is 1.42. The fourth-order valence-corrected chi connectivity index (χ4v) is 7.01. The fourth-order valence-electron chi connectivity index (χ4n) is 4.17. The highest BCUT2D eigenvalue weighted by Crippen LogP contribution is 2.38. The van der Waals surface area contributed by atoms with E-state index in [1.165, 1.54) is 21.8 Å². The Bertz CT molecular complexity index is 1550. The van der Waals surface area contributed by atoms with Gasteiger partial charge in [0.1, 0.15) is 16.0 Å². The summed E-state index contributed by atoms with van der Waals surface area (Å²) in [5, 5.41) is 17.3. The van der Waals surface area contributed by atoms with Gasteiger partial charge in [-0.3, -0.25) is 4.79 Å². The lowest BCUT2D eigenvalue weighted by molar-refractivity contribution is 0.102. The average molecular weight is 504 g/mol. The van der Waals surface area contributed by atoms with E-state index in [1.807, 2.05) is 36.4 Å². The smallest absolute Gasteiger partial charge is 0.256 e. The van der Waals surface area contributed by atoms with Gasteiger partial charge in [-0.15, -0.1) is 11.3 Å². The van der Waals surface area contributed by atoms with Crippen LogP contribution in [0.3, 0.4) is 0 Å². The predicted molar refractivity (Wildman–Crippen MR) is 133 cm³/mol. The Labute approximate surface area is 207 Å². The summed E-state index contributed by atoms with van der Waals surface area (Å²) in [5.41, 5.74) is 2.99. The van der Waals surface area contributed by atoms with Crippen molar-refractivity contribution in [3.8, 4) is 11.8 Å². The quantitative estimate of drug-likeness (QED) is 0.441. The number of benzene rings is 2. The van der Waals surface area contributed by atoms with Crippen molar-refractivity contribution in [3.05, 3.63) is 94.1 Å². The van der Waals surface area contributed by atoms with E-state index in [2.05, 4.69) is 16.5 Å². The molecule has 0 spiro atoms. The topological polar surface area (TPSA) is 108 Å². The standard InChI is InChI=1S/C25H21N5O3S2/c1-17-23(15-27-30(17)19-10-6-3-7-11-19)35(32,33)29-13-12-20-21(14-26)25(34-22(20)16-29)28-24(31)18-8-4-2-5-9-18/h2-11,15H,12-13,16H2,1H3,(H,28,31). The van der Waals surface area contributed by atoms with E-state index in [4.69, 9.17) is 0 Å². The maximum atomic E-state index is 13.5. The van der Waals surface area contributed by atoms with E-state index in [1.54, 1.807) is 35.9 Å². The molecule has 1 amide bonds. The van der Waals surface area contributed by atoms with E-state index >= 15 is 0 Å². The normalized spacial score (nSPS) is 13.7. The predicted octanol–water partition coefficient (Wildman–Crippen LogP) is 4.11. The van der Waals surface area contributed by atoms with Crippen LogP contribution in [-0.2, 0) is 23.0 Å². The lowest BCUT2D eigenvalue weighted by Crippen LogP contribution is -2.35. The number of nitrogens with zero attached hydrogens (tertiary/aromatic N) is 4. The highest BCUT2D eigenvalue weighted by atomic mass is 32.2. The zero-order chi connectivity index (χ0) is 24.6. The number of amides is 1. The SMILES string of the molecule is Cc1c(S(=O)(=O)N2CCc3c(sc(NC(=O)c4ccccc4)c3C#N)C2)cnn1-c1ccccc1. The molecule has 1 N–H and O–H groups in total. The molecule has 0 radical (unpaired) electrons. The zero-order valence-corrected chi connectivity index (χ0v) is 20.4. The lowest BCUT2D eigenvalue weighted by Gasteiger charge is -2.26.